The number of carbonyl (C=O) groups is 1. The lowest BCUT2D eigenvalue weighted by Crippen LogP contribution is -2.33. The Morgan fingerprint density at radius 3 is 2.88 bits per heavy atom. The van der Waals surface area contributed by atoms with Gasteiger partial charge in [-0.3, -0.25) is 5.32 Å². The van der Waals surface area contributed by atoms with Gasteiger partial charge in [0.05, 0.1) is 18.2 Å². The fraction of sp³-hybridized carbons (Fsp3) is 0.538. The van der Waals surface area contributed by atoms with Gasteiger partial charge < -0.3 is 24.8 Å². The van der Waals surface area contributed by atoms with E-state index in [1.807, 2.05) is 0 Å². The molecule has 2 aromatic heterocycles. The summed E-state index contributed by atoms with van der Waals surface area (Å²) >= 11 is 6.12. The van der Waals surface area contributed by atoms with Crippen LogP contribution < -0.4 is 5.32 Å². The number of pyridine rings is 1. The zero-order valence-electron chi connectivity index (χ0n) is 13.0. The number of nitrogens with one attached hydrogen (secondary N) is 1. The molecule has 2 aromatic rings. The van der Waals surface area contributed by atoms with E-state index in [1.165, 1.54) is 6.07 Å². The van der Waals surface area contributed by atoms with Crippen LogP contribution in [0.15, 0.2) is 6.07 Å². The second kappa shape index (κ2) is 7.06. The van der Waals surface area contributed by atoms with Crippen molar-refractivity contribution >= 4 is 34.7 Å². The number of fused-ring (bicyclic) bond motifs is 1. The summed E-state index contributed by atoms with van der Waals surface area (Å²) in [7, 11) is 0. The minimum absolute atomic E-state index is 0.0891. The van der Waals surface area contributed by atoms with Gasteiger partial charge in [-0.2, -0.15) is 4.68 Å². The predicted molar refractivity (Wildman–Crippen MR) is 84.0 cm³/mol. The van der Waals surface area contributed by atoms with Crippen LogP contribution in [0.1, 0.15) is 13.2 Å². The Morgan fingerprint density at radius 1 is 1.48 bits per heavy atom. The highest BCUT2D eigenvalue weighted by Crippen LogP contribution is 2.32. The van der Waals surface area contributed by atoms with Gasteiger partial charge in [-0.25, -0.2) is 9.78 Å². The summed E-state index contributed by atoms with van der Waals surface area (Å²) in [6.45, 7) is 1.36. The lowest BCUT2D eigenvalue weighted by atomic mass is 10.1. The number of aromatic nitrogens is 4. The molecule has 3 rings (SSSR count). The van der Waals surface area contributed by atoms with Crippen molar-refractivity contribution in [2.45, 2.75) is 31.5 Å². The molecule has 25 heavy (non-hydrogen) atoms. The summed E-state index contributed by atoms with van der Waals surface area (Å²) in [6.07, 6.45) is -5.47. The molecule has 1 fully saturated rings. The molecule has 136 valence electrons. The number of halogens is 1. The molecule has 4 unspecified atom stereocenters. The molecule has 0 aromatic carbocycles. The standard InChI is InChI=1S/C13H16ClN5O6/c1-2-24-13(23)16-7-3-5(14)8-11(15-7)19(18-17-8)12-10(22)9(21)6(4-20)25-12/h3,6,9-10,12,20-22H,2,4H2,1H3,(H,15,16,23). The van der Waals surface area contributed by atoms with Gasteiger partial charge in [0.2, 0.25) is 0 Å². The van der Waals surface area contributed by atoms with Gasteiger partial charge in [0.15, 0.2) is 17.4 Å². The maximum absolute atomic E-state index is 11.5. The van der Waals surface area contributed by atoms with E-state index >= 15 is 0 Å². The Balaban J connectivity index is 1.97. The van der Waals surface area contributed by atoms with E-state index in [1.54, 1.807) is 6.92 Å². The topological polar surface area (TPSA) is 152 Å². The monoisotopic (exact) mass is 373 g/mol. The first-order chi connectivity index (χ1) is 12.0. The molecule has 1 aliphatic heterocycles. The van der Waals surface area contributed by atoms with Crippen molar-refractivity contribution < 1.29 is 29.6 Å². The van der Waals surface area contributed by atoms with Crippen LogP contribution in [0.3, 0.4) is 0 Å². The zero-order chi connectivity index (χ0) is 18.1. The highest BCUT2D eigenvalue weighted by molar-refractivity contribution is 6.35. The van der Waals surface area contributed by atoms with Crippen molar-refractivity contribution in [3.05, 3.63) is 11.1 Å². The molecule has 4 atom stereocenters. The first-order valence-corrected chi connectivity index (χ1v) is 7.81. The molecule has 12 heteroatoms. The Labute approximate surface area is 146 Å². The van der Waals surface area contributed by atoms with Gasteiger partial charge in [0, 0.05) is 6.07 Å². The normalized spacial score (nSPS) is 26.1. The van der Waals surface area contributed by atoms with Crippen molar-refractivity contribution in [2.75, 3.05) is 18.5 Å². The number of nitrogens with zero attached hydrogens (tertiary/aromatic N) is 4. The van der Waals surface area contributed by atoms with Crippen LogP contribution in [-0.2, 0) is 9.47 Å². The molecule has 0 spiro atoms. The Hall–Kier alpha value is -2.05. The summed E-state index contributed by atoms with van der Waals surface area (Å²) < 4.78 is 11.3. The molecule has 1 amide bonds. The maximum atomic E-state index is 11.5. The summed E-state index contributed by atoms with van der Waals surface area (Å²) in [4.78, 5) is 15.7. The summed E-state index contributed by atoms with van der Waals surface area (Å²) in [5.41, 5.74) is 0.336. The van der Waals surface area contributed by atoms with Gasteiger partial charge in [0.1, 0.15) is 24.1 Å². The molecular formula is C13H16ClN5O6. The van der Waals surface area contributed by atoms with Gasteiger partial charge in [-0.1, -0.05) is 16.8 Å². The van der Waals surface area contributed by atoms with Gasteiger partial charge in [0.25, 0.3) is 0 Å². The average Bonchev–Trinajstić information content (AvgIpc) is 3.10. The molecular weight excluding hydrogens is 358 g/mol. The lowest BCUT2D eigenvalue weighted by molar-refractivity contribution is -0.0574. The highest BCUT2D eigenvalue weighted by atomic mass is 35.5. The Kier molecular flexibility index (Phi) is 5.01. The summed E-state index contributed by atoms with van der Waals surface area (Å²) in [5, 5.41) is 39.5. The predicted octanol–water partition coefficient (Wildman–Crippen LogP) is -0.340. The van der Waals surface area contributed by atoms with Crippen LogP contribution in [0, 0.1) is 0 Å². The Bertz CT molecular complexity index is 786. The van der Waals surface area contributed by atoms with Crippen LogP contribution >= 0.6 is 11.6 Å². The van der Waals surface area contributed by atoms with Crippen molar-refractivity contribution in [3.8, 4) is 0 Å². The number of rotatable bonds is 4. The van der Waals surface area contributed by atoms with Crippen LogP contribution in [0.4, 0.5) is 10.6 Å². The fourth-order valence-corrected chi connectivity index (χ4v) is 2.70. The lowest BCUT2D eigenvalue weighted by Gasteiger charge is -2.15. The van der Waals surface area contributed by atoms with Gasteiger partial charge in [-0.15, -0.1) is 5.10 Å². The minimum atomic E-state index is -1.36. The maximum Gasteiger partial charge on any atom is 0.412 e. The number of anilines is 1. The summed E-state index contributed by atoms with van der Waals surface area (Å²) in [6, 6.07) is 1.37. The zero-order valence-corrected chi connectivity index (χ0v) is 13.8. The third-order valence-corrected chi connectivity index (χ3v) is 3.94. The minimum Gasteiger partial charge on any atom is -0.450 e. The van der Waals surface area contributed by atoms with E-state index in [9.17, 15) is 20.1 Å². The SMILES string of the molecule is CCOC(=O)Nc1cc(Cl)c2nnn(C3OC(CO)C(O)C3O)c2n1. The van der Waals surface area contributed by atoms with Crippen molar-refractivity contribution in [2.24, 2.45) is 0 Å². The molecule has 1 aliphatic rings. The number of carbonyl (C=O) groups excluding carboxylic acids is 1. The van der Waals surface area contributed by atoms with E-state index < -0.39 is 37.2 Å². The molecule has 0 radical (unpaired) electrons. The molecule has 1 saturated heterocycles. The van der Waals surface area contributed by atoms with Crippen LogP contribution in [0.2, 0.25) is 5.02 Å². The van der Waals surface area contributed by atoms with E-state index in [0.29, 0.717) is 0 Å². The first-order valence-electron chi connectivity index (χ1n) is 7.44. The molecule has 3 heterocycles. The van der Waals surface area contributed by atoms with Crippen molar-refractivity contribution in [1.82, 2.24) is 20.0 Å². The second-order valence-electron chi connectivity index (χ2n) is 5.27. The third-order valence-electron chi connectivity index (χ3n) is 3.65. The number of hydrogen-bond acceptors (Lipinski definition) is 9. The number of aliphatic hydroxyl groups excluding tert-OH is 3. The number of amides is 1. The molecule has 4 N–H and O–H groups in total. The fourth-order valence-electron chi connectivity index (χ4n) is 2.47. The van der Waals surface area contributed by atoms with E-state index in [0.717, 1.165) is 4.68 Å². The van der Waals surface area contributed by atoms with Gasteiger partial charge >= 0.3 is 6.09 Å². The van der Waals surface area contributed by atoms with Gasteiger partial charge in [-0.05, 0) is 6.92 Å². The molecule has 0 aliphatic carbocycles. The van der Waals surface area contributed by atoms with E-state index in [4.69, 9.17) is 21.1 Å². The quantitative estimate of drug-likeness (QED) is 0.563. The van der Waals surface area contributed by atoms with Crippen LogP contribution in [0.5, 0.6) is 0 Å². The molecule has 11 nitrogen and oxygen atoms in total. The molecule has 0 bridgehead atoms. The molecule has 0 saturated carbocycles. The smallest absolute Gasteiger partial charge is 0.412 e. The largest absolute Gasteiger partial charge is 0.450 e. The second-order valence-corrected chi connectivity index (χ2v) is 5.68. The highest BCUT2D eigenvalue weighted by Gasteiger charge is 2.44. The average molecular weight is 374 g/mol. The van der Waals surface area contributed by atoms with Crippen molar-refractivity contribution in [3.63, 3.8) is 0 Å². The van der Waals surface area contributed by atoms with E-state index in [-0.39, 0.29) is 28.6 Å². The number of hydrogen-bond donors (Lipinski definition) is 4. The van der Waals surface area contributed by atoms with Crippen molar-refractivity contribution in [1.29, 1.82) is 0 Å². The number of ether oxygens (including phenoxy) is 2. The first kappa shape index (κ1) is 17.8. The van der Waals surface area contributed by atoms with E-state index in [2.05, 4.69) is 20.6 Å². The Morgan fingerprint density at radius 2 is 2.24 bits per heavy atom. The van der Waals surface area contributed by atoms with Crippen LogP contribution in [0.25, 0.3) is 11.2 Å². The third kappa shape index (κ3) is 3.24. The number of aliphatic hydroxyl groups is 3. The summed E-state index contributed by atoms with van der Waals surface area (Å²) in [5.74, 6) is 0.0891. The van der Waals surface area contributed by atoms with Crippen LogP contribution in [-0.4, -0.2) is 72.9 Å².